The maximum Gasteiger partial charge on any atom is 0.381 e. The number of ether oxygens (including phenoxy) is 1. The van der Waals surface area contributed by atoms with Crippen LogP contribution in [0.4, 0.5) is 14.6 Å². The zero-order chi connectivity index (χ0) is 14.6. The molecule has 19 heavy (non-hydrogen) atoms. The molecule has 0 aliphatic rings. The van der Waals surface area contributed by atoms with Crippen molar-refractivity contribution >= 4 is 11.8 Å². The topological polar surface area (TPSA) is 106 Å². The van der Waals surface area contributed by atoms with Crippen LogP contribution in [0.2, 0.25) is 0 Å². The van der Waals surface area contributed by atoms with Gasteiger partial charge < -0.3 is 14.9 Å². The van der Waals surface area contributed by atoms with Crippen molar-refractivity contribution in [1.29, 1.82) is 5.26 Å². The smallest absolute Gasteiger partial charge is 0.381 e. The van der Waals surface area contributed by atoms with Crippen LogP contribution in [0.25, 0.3) is 0 Å². The number of aromatic nitrogens is 1. The third-order valence-electron chi connectivity index (χ3n) is 2.25. The highest BCUT2D eigenvalue weighted by molar-refractivity contribution is 5.73. The minimum atomic E-state index is -3.14. The van der Waals surface area contributed by atoms with Gasteiger partial charge in [0, 0.05) is 5.56 Å². The monoisotopic (exact) mass is 271 g/mol. The van der Waals surface area contributed by atoms with Crippen molar-refractivity contribution in [3.63, 3.8) is 0 Å². The largest absolute Gasteiger partial charge is 0.469 e. The average Bonchev–Trinajstić information content (AvgIpc) is 2.36. The van der Waals surface area contributed by atoms with Gasteiger partial charge in [-0.15, -0.1) is 0 Å². The zero-order valence-electron chi connectivity index (χ0n) is 9.59. The Hall–Kier alpha value is -2.63. The maximum atomic E-state index is 12.9. The third-order valence-corrected chi connectivity index (χ3v) is 2.25. The molecular weight excluding hydrogens is 264 g/mol. The van der Waals surface area contributed by atoms with E-state index in [9.17, 15) is 23.7 Å². The van der Waals surface area contributed by atoms with Crippen molar-refractivity contribution in [2.24, 2.45) is 0 Å². The van der Waals surface area contributed by atoms with Gasteiger partial charge in [-0.25, -0.2) is 8.78 Å². The van der Waals surface area contributed by atoms with Crippen LogP contribution in [0.5, 0.6) is 0 Å². The van der Waals surface area contributed by atoms with Crippen LogP contribution >= 0.6 is 0 Å². The molecule has 0 spiro atoms. The maximum absolute atomic E-state index is 12.9. The second-order valence-electron chi connectivity index (χ2n) is 3.32. The lowest BCUT2D eigenvalue weighted by Crippen LogP contribution is -2.11. The third kappa shape index (κ3) is 2.98. The van der Waals surface area contributed by atoms with Crippen molar-refractivity contribution in [3.8, 4) is 6.07 Å². The summed E-state index contributed by atoms with van der Waals surface area (Å²) in [5, 5.41) is 19.4. The molecule has 0 fully saturated rings. The lowest BCUT2D eigenvalue weighted by molar-refractivity contribution is -0.389. The van der Waals surface area contributed by atoms with E-state index >= 15 is 0 Å². The fourth-order valence-corrected chi connectivity index (χ4v) is 1.42. The van der Waals surface area contributed by atoms with E-state index in [1.807, 2.05) is 0 Å². The number of nitrogens with zero attached hydrogens (tertiary/aromatic N) is 3. The number of alkyl halides is 2. The van der Waals surface area contributed by atoms with Gasteiger partial charge in [0.15, 0.2) is 5.56 Å². The van der Waals surface area contributed by atoms with Crippen LogP contribution in [-0.4, -0.2) is 23.0 Å². The van der Waals surface area contributed by atoms with E-state index in [1.165, 1.54) is 6.07 Å². The van der Waals surface area contributed by atoms with E-state index in [-0.39, 0.29) is 5.56 Å². The SMILES string of the molecule is COC(=O)Cc1cnc([N+](=O)[O-])c(C#N)c1C(F)F. The zero-order valence-corrected chi connectivity index (χ0v) is 9.59. The molecule has 0 aliphatic carbocycles. The molecule has 1 heterocycles. The second kappa shape index (κ2) is 5.81. The highest BCUT2D eigenvalue weighted by Crippen LogP contribution is 2.31. The summed E-state index contributed by atoms with van der Waals surface area (Å²) in [6, 6.07) is 1.32. The summed E-state index contributed by atoms with van der Waals surface area (Å²) >= 11 is 0. The van der Waals surface area contributed by atoms with Gasteiger partial charge in [-0.3, -0.25) is 4.79 Å². The molecule has 0 aliphatic heterocycles. The highest BCUT2D eigenvalue weighted by atomic mass is 19.3. The lowest BCUT2D eigenvalue weighted by Gasteiger charge is -2.08. The Morgan fingerprint density at radius 2 is 2.32 bits per heavy atom. The summed E-state index contributed by atoms with van der Waals surface area (Å²) in [6.07, 6.45) is -2.91. The average molecular weight is 271 g/mol. The first kappa shape index (κ1) is 14.4. The van der Waals surface area contributed by atoms with Gasteiger partial charge in [-0.1, -0.05) is 0 Å². The quantitative estimate of drug-likeness (QED) is 0.466. The van der Waals surface area contributed by atoms with E-state index in [4.69, 9.17) is 5.26 Å². The lowest BCUT2D eigenvalue weighted by atomic mass is 10.0. The predicted octanol–water partition coefficient (Wildman–Crippen LogP) is 1.51. The van der Waals surface area contributed by atoms with Gasteiger partial charge in [0.05, 0.1) is 19.1 Å². The summed E-state index contributed by atoms with van der Waals surface area (Å²) in [6.45, 7) is 0. The Morgan fingerprint density at radius 3 is 2.74 bits per heavy atom. The first-order chi connectivity index (χ1) is 8.92. The molecule has 1 aromatic rings. The molecule has 0 atom stereocenters. The summed E-state index contributed by atoms with van der Waals surface area (Å²) in [5.74, 6) is -1.78. The minimum Gasteiger partial charge on any atom is -0.469 e. The number of methoxy groups -OCH3 is 1. The Kier molecular flexibility index (Phi) is 4.41. The molecule has 100 valence electrons. The standard InChI is InChI=1S/C10H7F2N3O4/c1-19-7(16)2-5-4-14-10(15(17)18)6(3-13)8(5)9(11)12/h4,9H,2H2,1H3. The first-order valence-electron chi connectivity index (χ1n) is 4.83. The fraction of sp³-hybridized carbons (Fsp3) is 0.300. The van der Waals surface area contributed by atoms with Gasteiger partial charge >= 0.3 is 11.8 Å². The Labute approximate surface area is 105 Å². The number of carbonyl (C=O) groups excluding carboxylic acids is 1. The van der Waals surface area contributed by atoms with Gasteiger partial charge in [0.1, 0.15) is 12.3 Å². The molecule has 0 bridgehead atoms. The van der Waals surface area contributed by atoms with E-state index < -0.39 is 40.7 Å². The van der Waals surface area contributed by atoms with E-state index in [1.54, 1.807) is 0 Å². The number of nitriles is 1. The summed E-state index contributed by atoms with van der Waals surface area (Å²) in [7, 11) is 1.06. The number of pyridine rings is 1. The van der Waals surface area contributed by atoms with Crippen molar-refractivity contribution in [3.05, 3.63) is 33.0 Å². The molecule has 1 aromatic heterocycles. The van der Waals surface area contributed by atoms with Crippen molar-refractivity contribution < 1.29 is 23.2 Å². The van der Waals surface area contributed by atoms with Crippen molar-refractivity contribution in [1.82, 2.24) is 4.98 Å². The summed E-state index contributed by atoms with van der Waals surface area (Å²) < 4.78 is 30.2. The van der Waals surface area contributed by atoms with Crippen LogP contribution < -0.4 is 0 Å². The van der Waals surface area contributed by atoms with Gasteiger partial charge in [0.2, 0.25) is 0 Å². The number of hydrogen-bond acceptors (Lipinski definition) is 6. The molecule has 0 radical (unpaired) electrons. The van der Waals surface area contributed by atoms with Crippen LogP contribution in [0, 0.1) is 21.4 Å². The van der Waals surface area contributed by atoms with Crippen molar-refractivity contribution in [2.45, 2.75) is 12.8 Å². The molecular formula is C10H7F2N3O4. The van der Waals surface area contributed by atoms with Gasteiger partial charge in [0.25, 0.3) is 6.43 Å². The van der Waals surface area contributed by atoms with Crippen LogP contribution in [0.15, 0.2) is 6.20 Å². The number of carbonyl (C=O) groups is 1. The molecule has 0 unspecified atom stereocenters. The normalized spacial score (nSPS) is 10.1. The van der Waals surface area contributed by atoms with E-state index in [2.05, 4.69) is 9.72 Å². The number of hydrogen-bond donors (Lipinski definition) is 0. The molecule has 0 N–H and O–H groups in total. The minimum absolute atomic E-state index is 0.274. The van der Waals surface area contributed by atoms with Crippen molar-refractivity contribution in [2.75, 3.05) is 7.11 Å². The van der Waals surface area contributed by atoms with Crippen LogP contribution in [0.1, 0.15) is 23.1 Å². The van der Waals surface area contributed by atoms with E-state index in [0.717, 1.165) is 13.3 Å². The molecule has 0 amide bonds. The predicted molar refractivity (Wildman–Crippen MR) is 56.3 cm³/mol. The van der Waals surface area contributed by atoms with E-state index in [0.29, 0.717) is 0 Å². The molecule has 0 aromatic carbocycles. The van der Waals surface area contributed by atoms with Crippen LogP contribution in [0.3, 0.4) is 0 Å². The Bertz CT molecular complexity index is 569. The number of rotatable bonds is 4. The second-order valence-corrected chi connectivity index (χ2v) is 3.32. The first-order valence-corrected chi connectivity index (χ1v) is 4.83. The number of esters is 1. The Morgan fingerprint density at radius 1 is 1.68 bits per heavy atom. The van der Waals surface area contributed by atoms with Gasteiger partial charge in [-0.2, -0.15) is 5.26 Å². The summed E-state index contributed by atoms with van der Waals surface area (Å²) in [4.78, 5) is 23.9. The number of nitro groups is 1. The molecule has 9 heteroatoms. The molecule has 0 saturated heterocycles. The fourth-order valence-electron chi connectivity index (χ4n) is 1.42. The Balaban J connectivity index is 3.47. The number of halogens is 2. The molecule has 7 nitrogen and oxygen atoms in total. The van der Waals surface area contributed by atoms with Gasteiger partial charge in [-0.05, 0) is 9.91 Å². The molecule has 1 rings (SSSR count). The van der Waals surface area contributed by atoms with Crippen LogP contribution in [-0.2, 0) is 16.0 Å². The highest BCUT2D eigenvalue weighted by Gasteiger charge is 2.29. The molecule has 0 saturated carbocycles. The summed E-state index contributed by atoms with van der Waals surface area (Å²) in [5.41, 5.74) is -1.99.